The number of nitrogens with one attached hydrogen (secondary N) is 1. The Kier molecular flexibility index (Phi) is 5.35. The van der Waals surface area contributed by atoms with Gasteiger partial charge in [0.15, 0.2) is 0 Å². The number of aryl methyl sites for hydroxylation is 1. The molecule has 1 N–H and O–H groups in total. The van der Waals surface area contributed by atoms with Crippen molar-refractivity contribution in [3.8, 4) is 0 Å². The number of carbonyl (C=O) groups excluding carboxylic acids is 1. The first-order chi connectivity index (χ1) is 8.42. The van der Waals surface area contributed by atoms with E-state index in [4.69, 9.17) is 4.74 Å². The molecule has 0 bridgehead atoms. The van der Waals surface area contributed by atoms with Gasteiger partial charge in [0.25, 0.3) is 0 Å². The standard InChI is InChI=1S/C15H23NO2/c1-5-12-8-6-7-9-13(12)10-16-11-14(17)18-15(2,3)4/h6-9,16H,5,10-11H2,1-4H3. The average molecular weight is 249 g/mol. The van der Waals surface area contributed by atoms with Crippen LogP contribution >= 0.6 is 0 Å². The van der Waals surface area contributed by atoms with Crippen LogP contribution in [0.5, 0.6) is 0 Å². The minimum atomic E-state index is -0.417. The summed E-state index contributed by atoms with van der Waals surface area (Å²) in [6, 6.07) is 8.26. The van der Waals surface area contributed by atoms with E-state index in [0.717, 1.165) is 6.42 Å². The second-order valence-electron chi connectivity index (χ2n) is 5.31. The van der Waals surface area contributed by atoms with E-state index in [9.17, 15) is 4.79 Å². The largest absolute Gasteiger partial charge is 0.459 e. The van der Waals surface area contributed by atoms with Crippen LogP contribution in [-0.4, -0.2) is 18.1 Å². The predicted octanol–water partition coefficient (Wildman–Crippen LogP) is 2.68. The summed E-state index contributed by atoms with van der Waals surface area (Å²) in [5, 5.41) is 3.12. The Balaban J connectivity index is 2.40. The molecule has 1 aromatic rings. The first kappa shape index (κ1) is 14.7. The smallest absolute Gasteiger partial charge is 0.320 e. The van der Waals surface area contributed by atoms with E-state index in [0.29, 0.717) is 6.54 Å². The van der Waals surface area contributed by atoms with Crippen LogP contribution < -0.4 is 5.32 Å². The van der Waals surface area contributed by atoms with E-state index >= 15 is 0 Å². The van der Waals surface area contributed by atoms with Crippen molar-refractivity contribution in [3.05, 3.63) is 35.4 Å². The number of hydrogen-bond donors (Lipinski definition) is 1. The van der Waals surface area contributed by atoms with Crippen molar-refractivity contribution in [1.82, 2.24) is 5.32 Å². The molecule has 3 heteroatoms. The first-order valence-electron chi connectivity index (χ1n) is 6.41. The van der Waals surface area contributed by atoms with Crippen LogP contribution in [0.2, 0.25) is 0 Å². The van der Waals surface area contributed by atoms with Crippen molar-refractivity contribution < 1.29 is 9.53 Å². The Morgan fingerprint density at radius 2 is 1.83 bits per heavy atom. The molecule has 0 saturated heterocycles. The highest BCUT2D eigenvalue weighted by Gasteiger charge is 2.15. The van der Waals surface area contributed by atoms with E-state index < -0.39 is 5.60 Å². The second kappa shape index (κ2) is 6.55. The Labute approximate surface area is 110 Å². The van der Waals surface area contributed by atoms with Crippen LogP contribution in [0.4, 0.5) is 0 Å². The minimum absolute atomic E-state index is 0.212. The molecule has 3 nitrogen and oxygen atoms in total. The lowest BCUT2D eigenvalue weighted by atomic mass is 10.1. The average Bonchev–Trinajstić information content (AvgIpc) is 2.27. The Morgan fingerprint density at radius 1 is 1.22 bits per heavy atom. The number of esters is 1. The monoisotopic (exact) mass is 249 g/mol. The molecule has 0 heterocycles. The minimum Gasteiger partial charge on any atom is -0.459 e. The molecule has 1 aromatic carbocycles. The highest BCUT2D eigenvalue weighted by atomic mass is 16.6. The molecule has 18 heavy (non-hydrogen) atoms. The lowest BCUT2D eigenvalue weighted by Gasteiger charge is -2.19. The molecule has 0 aromatic heterocycles. The van der Waals surface area contributed by atoms with E-state index in [1.807, 2.05) is 32.9 Å². The summed E-state index contributed by atoms with van der Waals surface area (Å²) in [4.78, 5) is 11.5. The molecule has 0 radical (unpaired) electrons. The summed E-state index contributed by atoms with van der Waals surface area (Å²) in [6.07, 6.45) is 1.00. The third kappa shape index (κ3) is 5.32. The number of benzene rings is 1. The fourth-order valence-corrected chi connectivity index (χ4v) is 1.75. The van der Waals surface area contributed by atoms with Gasteiger partial charge in [-0.15, -0.1) is 0 Å². The van der Waals surface area contributed by atoms with Gasteiger partial charge in [-0.2, -0.15) is 0 Å². The molecular formula is C15H23NO2. The SMILES string of the molecule is CCc1ccccc1CNCC(=O)OC(C)(C)C. The fourth-order valence-electron chi connectivity index (χ4n) is 1.75. The van der Waals surface area contributed by atoms with Gasteiger partial charge in [-0.1, -0.05) is 31.2 Å². The molecule has 0 aliphatic heterocycles. The molecule has 100 valence electrons. The van der Waals surface area contributed by atoms with Crippen molar-refractivity contribution in [2.24, 2.45) is 0 Å². The highest BCUT2D eigenvalue weighted by Crippen LogP contribution is 2.09. The highest BCUT2D eigenvalue weighted by molar-refractivity contribution is 5.72. The number of carbonyl (C=O) groups is 1. The Hall–Kier alpha value is -1.35. The van der Waals surface area contributed by atoms with Gasteiger partial charge in [-0.3, -0.25) is 4.79 Å². The lowest BCUT2D eigenvalue weighted by molar-refractivity contribution is -0.153. The van der Waals surface area contributed by atoms with E-state index in [2.05, 4.69) is 24.4 Å². The first-order valence-corrected chi connectivity index (χ1v) is 6.41. The number of hydrogen-bond acceptors (Lipinski definition) is 3. The summed E-state index contributed by atoms with van der Waals surface area (Å²) in [6.45, 7) is 8.69. The van der Waals surface area contributed by atoms with Crippen LogP contribution in [-0.2, 0) is 22.5 Å². The van der Waals surface area contributed by atoms with Gasteiger partial charge in [0.05, 0.1) is 6.54 Å². The summed E-state index contributed by atoms with van der Waals surface area (Å²) >= 11 is 0. The molecule has 0 spiro atoms. The fraction of sp³-hybridized carbons (Fsp3) is 0.533. The van der Waals surface area contributed by atoms with Crippen LogP contribution in [0.1, 0.15) is 38.8 Å². The third-order valence-corrected chi connectivity index (χ3v) is 2.50. The molecule has 0 atom stereocenters. The summed E-state index contributed by atoms with van der Waals surface area (Å²) in [7, 11) is 0. The van der Waals surface area contributed by atoms with E-state index in [-0.39, 0.29) is 12.5 Å². The molecule has 0 aliphatic carbocycles. The van der Waals surface area contributed by atoms with Crippen molar-refractivity contribution >= 4 is 5.97 Å². The molecule has 0 unspecified atom stereocenters. The van der Waals surface area contributed by atoms with Crippen LogP contribution in [0.3, 0.4) is 0 Å². The van der Waals surface area contributed by atoms with Gasteiger partial charge in [0.1, 0.15) is 5.60 Å². The summed E-state index contributed by atoms with van der Waals surface area (Å²) in [5.74, 6) is -0.212. The zero-order valence-corrected chi connectivity index (χ0v) is 11.7. The maximum absolute atomic E-state index is 11.5. The quantitative estimate of drug-likeness (QED) is 0.815. The van der Waals surface area contributed by atoms with Crippen LogP contribution in [0.25, 0.3) is 0 Å². The van der Waals surface area contributed by atoms with Gasteiger partial charge >= 0.3 is 5.97 Å². The van der Waals surface area contributed by atoms with Gasteiger partial charge in [-0.05, 0) is 38.3 Å². The van der Waals surface area contributed by atoms with Gasteiger partial charge < -0.3 is 10.1 Å². The third-order valence-electron chi connectivity index (χ3n) is 2.50. The summed E-state index contributed by atoms with van der Waals surface area (Å²) in [5.41, 5.74) is 2.14. The number of rotatable bonds is 5. The zero-order valence-electron chi connectivity index (χ0n) is 11.7. The van der Waals surface area contributed by atoms with Crippen LogP contribution in [0, 0.1) is 0 Å². The zero-order chi connectivity index (χ0) is 13.6. The maximum Gasteiger partial charge on any atom is 0.320 e. The van der Waals surface area contributed by atoms with Gasteiger partial charge in [-0.25, -0.2) is 0 Å². The van der Waals surface area contributed by atoms with Crippen molar-refractivity contribution in [3.63, 3.8) is 0 Å². The van der Waals surface area contributed by atoms with Gasteiger partial charge in [0, 0.05) is 6.54 Å². The molecule has 0 fully saturated rings. The number of ether oxygens (including phenoxy) is 1. The molecule has 0 saturated carbocycles. The van der Waals surface area contributed by atoms with Gasteiger partial charge in [0.2, 0.25) is 0 Å². The molecule has 0 aliphatic rings. The topological polar surface area (TPSA) is 38.3 Å². The normalized spacial score (nSPS) is 11.3. The van der Waals surface area contributed by atoms with E-state index in [1.165, 1.54) is 11.1 Å². The maximum atomic E-state index is 11.5. The van der Waals surface area contributed by atoms with E-state index in [1.54, 1.807) is 0 Å². The van der Waals surface area contributed by atoms with Crippen molar-refractivity contribution in [2.75, 3.05) is 6.54 Å². The molecule has 0 amide bonds. The summed E-state index contributed by atoms with van der Waals surface area (Å²) < 4.78 is 5.23. The lowest BCUT2D eigenvalue weighted by Crippen LogP contribution is -2.31. The predicted molar refractivity (Wildman–Crippen MR) is 73.4 cm³/mol. The Bertz CT molecular complexity index is 394. The molecular weight excluding hydrogens is 226 g/mol. The second-order valence-corrected chi connectivity index (χ2v) is 5.31. The Morgan fingerprint density at radius 3 is 2.39 bits per heavy atom. The van der Waals surface area contributed by atoms with Crippen LogP contribution in [0.15, 0.2) is 24.3 Å². The molecule has 1 rings (SSSR count). The van der Waals surface area contributed by atoms with Crippen molar-refractivity contribution in [2.45, 2.75) is 46.3 Å². The van der Waals surface area contributed by atoms with Crippen molar-refractivity contribution in [1.29, 1.82) is 0 Å².